The van der Waals surface area contributed by atoms with Gasteiger partial charge in [-0.15, -0.1) is 5.39 Å². The first-order valence-corrected chi connectivity index (χ1v) is 15.1. The van der Waals surface area contributed by atoms with Gasteiger partial charge in [-0.05, 0) is 83.5 Å². The SMILES string of the molecule is Oc1ccccc1-c1cc2c(c(Oc3cccc(-n4c5[c-]cccc5c5ccccc54)n3)n1)CC1(Cc3ccccc3C1)C2.[Pt]. The average Bonchev–Trinajstić information content (AvgIpc) is 3.71. The number of phenols is 1. The third-order valence-corrected chi connectivity index (χ3v) is 9.36. The minimum absolute atomic E-state index is 0. The largest absolute Gasteiger partial charge is 0.507 e. The van der Waals surface area contributed by atoms with Gasteiger partial charge in [0.05, 0.1) is 5.69 Å². The number of fused-ring (bicyclic) bond motifs is 5. The zero-order valence-electron chi connectivity index (χ0n) is 24.3. The zero-order valence-corrected chi connectivity index (χ0v) is 26.6. The van der Waals surface area contributed by atoms with E-state index in [1.165, 1.54) is 16.7 Å². The molecular formula is C39H28N3O2Pt-. The number of pyridine rings is 2. The molecule has 222 valence electrons. The van der Waals surface area contributed by atoms with Crippen LogP contribution in [-0.4, -0.2) is 19.6 Å². The summed E-state index contributed by atoms with van der Waals surface area (Å²) in [7, 11) is 0. The van der Waals surface area contributed by atoms with Crippen LogP contribution in [0.5, 0.6) is 17.5 Å². The van der Waals surface area contributed by atoms with Gasteiger partial charge in [0.1, 0.15) is 11.6 Å². The number of ether oxygens (including phenoxy) is 1. The fourth-order valence-electron chi connectivity index (χ4n) is 7.49. The van der Waals surface area contributed by atoms with Crippen molar-refractivity contribution < 1.29 is 30.9 Å². The van der Waals surface area contributed by atoms with Crippen LogP contribution >= 0.6 is 0 Å². The molecule has 1 spiro atoms. The molecule has 7 aromatic rings. The summed E-state index contributed by atoms with van der Waals surface area (Å²) in [4.78, 5) is 10.0. The molecule has 0 aliphatic heterocycles. The van der Waals surface area contributed by atoms with E-state index in [0.29, 0.717) is 23.0 Å². The van der Waals surface area contributed by atoms with Gasteiger partial charge in [0, 0.05) is 43.8 Å². The van der Waals surface area contributed by atoms with E-state index in [1.807, 2.05) is 54.6 Å². The fourth-order valence-corrected chi connectivity index (χ4v) is 7.49. The molecule has 0 amide bonds. The van der Waals surface area contributed by atoms with E-state index in [-0.39, 0.29) is 32.2 Å². The van der Waals surface area contributed by atoms with Crippen LogP contribution in [0.2, 0.25) is 0 Å². The topological polar surface area (TPSA) is 60.2 Å². The van der Waals surface area contributed by atoms with Crippen molar-refractivity contribution in [2.45, 2.75) is 25.7 Å². The zero-order chi connectivity index (χ0) is 29.3. The Bertz CT molecular complexity index is 2180. The van der Waals surface area contributed by atoms with Crippen molar-refractivity contribution in [2.24, 2.45) is 5.41 Å². The van der Waals surface area contributed by atoms with Crippen molar-refractivity contribution in [3.8, 4) is 34.6 Å². The van der Waals surface area contributed by atoms with Crippen LogP contribution < -0.4 is 4.74 Å². The summed E-state index contributed by atoms with van der Waals surface area (Å²) < 4.78 is 8.78. The molecule has 0 saturated heterocycles. The van der Waals surface area contributed by atoms with Gasteiger partial charge < -0.3 is 14.4 Å². The number of phenolic OH excluding ortho intramolecular Hbond substituents is 1. The Labute approximate surface area is 275 Å². The molecule has 0 fully saturated rings. The molecule has 1 N–H and O–H groups in total. The molecule has 4 aromatic carbocycles. The number of hydrogen-bond donors (Lipinski definition) is 1. The Morgan fingerprint density at radius 2 is 1.44 bits per heavy atom. The van der Waals surface area contributed by atoms with Crippen LogP contribution in [0.15, 0.2) is 115 Å². The van der Waals surface area contributed by atoms with E-state index >= 15 is 0 Å². The van der Waals surface area contributed by atoms with E-state index in [0.717, 1.165) is 58.9 Å². The maximum absolute atomic E-state index is 10.7. The minimum atomic E-state index is 0. The van der Waals surface area contributed by atoms with Crippen LogP contribution in [0, 0.1) is 11.5 Å². The summed E-state index contributed by atoms with van der Waals surface area (Å²) in [5, 5.41) is 13.0. The van der Waals surface area contributed by atoms with E-state index in [9.17, 15) is 5.11 Å². The molecule has 0 saturated carbocycles. The molecule has 0 radical (unpaired) electrons. The molecule has 0 unspecified atom stereocenters. The Morgan fingerprint density at radius 3 is 2.29 bits per heavy atom. The van der Waals surface area contributed by atoms with Gasteiger partial charge in [0.2, 0.25) is 11.8 Å². The van der Waals surface area contributed by atoms with Gasteiger partial charge in [-0.25, -0.2) is 4.98 Å². The summed E-state index contributed by atoms with van der Waals surface area (Å²) >= 11 is 0. The van der Waals surface area contributed by atoms with Gasteiger partial charge in [-0.2, -0.15) is 29.2 Å². The summed E-state index contributed by atoms with van der Waals surface area (Å²) in [6, 6.07) is 42.0. The predicted octanol–water partition coefficient (Wildman–Crippen LogP) is 8.42. The molecule has 5 nitrogen and oxygen atoms in total. The second kappa shape index (κ2) is 10.7. The van der Waals surface area contributed by atoms with Crippen molar-refractivity contribution in [3.05, 3.63) is 144 Å². The Morgan fingerprint density at radius 1 is 0.711 bits per heavy atom. The number of rotatable bonds is 4. The van der Waals surface area contributed by atoms with Crippen LogP contribution in [-0.2, 0) is 46.7 Å². The van der Waals surface area contributed by atoms with E-state index < -0.39 is 0 Å². The standard InChI is InChI=1S/C39H28N3O2.Pt/c43-35-17-8-5-14-30(35)32-20-27-23-39(21-25-10-1-2-11-26(25)22-39)24-31(27)38(40-32)44-37-19-9-18-36(41-37)42-33-15-6-3-12-28(33)29-13-4-7-16-34(29)42;/h1-15,17-20,43H,21-24H2;/q-1;. The Balaban J connectivity index is 0.00000300. The summed E-state index contributed by atoms with van der Waals surface area (Å²) in [5.74, 6) is 2.00. The summed E-state index contributed by atoms with van der Waals surface area (Å²) in [6.45, 7) is 0. The fraction of sp³-hybridized carbons (Fsp3) is 0.128. The van der Waals surface area contributed by atoms with Crippen LogP contribution in [0.1, 0.15) is 22.3 Å². The van der Waals surface area contributed by atoms with Gasteiger partial charge in [0.25, 0.3) is 0 Å². The molecular weight excluding hydrogens is 738 g/mol. The predicted molar refractivity (Wildman–Crippen MR) is 173 cm³/mol. The van der Waals surface area contributed by atoms with E-state index in [2.05, 4.69) is 65.2 Å². The summed E-state index contributed by atoms with van der Waals surface area (Å²) in [5.41, 5.74) is 8.79. The van der Waals surface area contributed by atoms with Crippen LogP contribution in [0.3, 0.4) is 0 Å². The molecule has 6 heteroatoms. The second-order valence-electron chi connectivity index (χ2n) is 12.2. The maximum atomic E-state index is 10.7. The smallest absolute Gasteiger partial charge is 0.225 e. The van der Waals surface area contributed by atoms with Crippen molar-refractivity contribution in [3.63, 3.8) is 0 Å². The molecule has 3 aromatic heterocycles. The van der Waals surface area contributed by atoms with E-state index in [4.69, 9.17) is 14.7 Å². The monoisotopic (exact) mass is 765 g/mol. The van der Waals surface area contributed by atoms with Crippen LogP contribution in [0.25, 0.3) is 38.9 Å². The van der Waals surface area contributed by atoms with Crippen molar-refractivity contribution in [2.75, 3.05) is 0 Å². The van der Waals surface area contributed by atoms with Gasteiger partial charge in [0.15, 0.2) is 0 Å². The number of nitrogens with zero attached hydrogens (tertiary/aromatic N) is 3. The molecule has 0 atom stereocenters. The van der Waals surface area contributed by atoms with Crippen molar-refractivity contribution in [1.29, 1.82) is 0 Å². The maximum Gasteiger partial charge on any atom is 0.225 e. The van der Waals surface area contributed by atoms with Crippen LogP contribution in [0.4, 0.5) is 0 Å². The van der Waals surface area contributed by atoms with Gasteiger partial charge >= 0.3 is 0 Å². The number of para-hydroxylation sites is 3. The first kappa shape index (κ1) is 27.8. The summed E-state index contributed by atoms with van der Waals surface area (Å²) in [6.07, 6.45) is 3.92. The third kappa shape index (κ3) is 4.57. The number of aromatic hydroxyl groups is 1. The third-order valence-electron chi connectivity index (χ3n) is 9.36. The van der Waals surface area contributed by atoms with E-state index in [1.54, 1.807) is 6.07 Å². The first-order chi connectivity index (χ1) is 21.6. The number of benzene rings is 4. The molecule has 0 bridgehead atoms. The molecule has 2 aliphatic rings. The normalized spacial score (nSPS) is 14.4. The number of aromatic nitrogens is 3. The molecule has 2 aliphatic carbocycles. The minimum Gasteiger partial charge on any atom is -0.507 e. The van der Waals surface area contributed by atoms with Gasteiger partial charge in [-0.3, -0.25) is 0 Å². The second-order valence-corrected chi connectivity index (χ2v) is 12.2. The number of hydrogen-bond acceptors (Lipinski definition) is 4. The van der Waals surface area contributed by atoms with Crippen molar-refractivity contribution >= 4 is 21.8 Å². The quantitative estimate of drug-likeness (QED) is 0.183. The Kier molecular flexibility index (Phi) is 6.62. The van der Waals surface area contributed by atoms with Crippen molar-refractivity contribution in [1.82, 2.24) is 14.5 Å². The van der Waals surface area contributed by atoms with Gasteiger partial charge in [-0.1, -0.05) is 66.2 Å². The first-order valence-electron chi connectivity index (χ1n) is 15.1. The molecule has 3 heterocycles. The molecule has 9 rings (SSSR count). The molecule has 45 heavy (non-hydrogen) atoms. The average molecular weight is 766 g/mol. The Hall–Kier alpha value is -4.73.